The second-order valence-electron chi connectivity index (χ2n) is 5.40. The van der Waals surface area contributed by atoms with Gasteiger partial charge in [0.25, 0.3) is 0 Å². The van der Waals surface area contributed by atoms with Gasteiger partial charge in [-0.25, -0.2) is 8.42 Å². The number of benzene rings is 2. The van der Waals surface area contributed by atoms with Crippen LogP contribution in [0.25, 0.3) is 0 Å². The van der Waals surface area contributed by atoms with Crippen LogP contribution in [0.5, 0.6) is 0 Å². The standard InChI is InChI=1S/C18H22O3S/c1-3-18(4-2,17(19)15-11-7-5-8-12-15)22(20,21)16-13-9-6-10-14-16/h5-14,17,19H,3-4H2,1-2H3/t17-/m1/s1. The average Bonchev–Trinajstić information content (AvgIpc) is 2.57. The Balaban J connectivity index is 2.58. The molecule has 0 radical (unpaired) electrons. The van der Waals surface area contributed by atoms with Crippen molar-refractivity contribution in [3.05, 3.63) is 66.2 Å². The smallest absolute Gasteiger partial charge is 0.186 e. The molecule has 0 fully saturated rings. The zero-order valence-electron chi connectivity index (χ0n) is 12.9. The molecule has 0 aliphatic heterocycles. The van der Waals surface area contributed by atoms with Crippen molar-refractivity contribution in [2.45, 2.75) is 42.4 Å². The van der Waals surface area contributed by atoms with Gasteiger partial charge in [-0.3, -0.25) is 0 Å². The molecule has 0 aromatic heterocycles. The highest BCUT2D eigenvalue weighted by atomic mass is 32.2. The molecule has 0 heterocycles. The molecule has 2 rings (SSSR count). The van der Waals surface area contributed by atoms with E-state index in [1.807, 2.05) is 32.0 Å². The summed E-state index contributed by atoms with van der Waals surface area (Å²) >= 11 is 0. The second kappa shape index (κ2) is 6.63. The molecule has 0 aliphatic carbocycles. The van der Waals surface area contributed by atoms with E-state index in [1.165, 1.54) is 0 Å². The van der Waals surface area contributed by atoms with Crippen molar-refractivity contribution in [2.75, 3.05) is 0 Å². The van der Waals surface area contributed by atoms with Gasteiger partial charge in [-0.05, 0) is 30.5 Å². The SMILES string of the molecule is CCC(CC)([C@H](O)c1ccccc1)S(=O)(=O)c1ccccc1. The summed E-state index contributed by atoms with van der Waals surface area (Å²) in [5, 5.41) is 10.8. The number of hydrogen-bond donors (Lipinski definition) is 1. The molecule has 3 nitrogen and oxygen atoms in total. The third-order valence-electron chi connectivity index (χ3n) is 4.40. The molecule has 1 N–H and O–H groups in total. The first kappa shape index (κ1) is 16.7. The van der Waals surface area contributed by atoms with Crippen LogP contribution in [-0.2, 0) is 9.84 Å². The highest BCUT2D eigenvalue weighted by Gasteiger charge is 2.48. The lowest BCUT2D eigenvalue weighted by molar-refractivity contribution is 0.118. The lowest BCUT2D eigenvalue weighted by Gasteiger charge is -2.36. The van der Waals surface area contributed by atoms with Crippen LogP contribution in [0.15, 0.2) is 65.6 Å². The van der Waals surface area contributed by atoms with Crippen molar-refractivity contribution in [3.63, 3.8) is 0 Å². The minimum Gasteiger partial charge on any atom is -0.387 e. The Morgan fingerprint density at radius 2 is 1.36 bits per heavy atom. The Bertz CT molecular complexity index is 690. The Kier molecular flexibility index (Phi) is 5.04. The lowest BCUT2D eigenvalue weighted by atomic mass is 9.90. The molecular formula is C18H22O3S. The Morgan fingerprint density at radius 1 is 0.909 bits per heavy atom. The molecular weight excluding hydrogens is 296 g/mol. The molecule has 0 spiro atoms. The minimum absolute atomic E-state index is 0.258. The quantitative estimate of drug-likeness (QED) is 0.882. The van der Waals surface area contributed by atoms with Gasteiger partial charge < -0.3 is 5.11 Å². The number of aliphatic hydroxyl groups is 1. The lowest BCUT2D eigenvalue weighted by Crippen LogP contribution is -2.43. The fourth-order valence-corrected chi connectivity index (χ4v) is 5.11. The van der Waals surface area contributed by atoms with Gasteiger partial charge in [0.05, 0.1) is 11.0 Å². The molecule has 1 atom stereocenters. The Hall–Kier alpha value is -1.65. The average molecular weight is 318 g/mol. The Labute approximate surface area is 132 Å². The summed E-state index contributed by atoms with van der Waals surface area (Å²) in [5.41, 5.74) is 0.630. The van der Waals surface area contributed by atoms with Crippen LogP contribution in [0.3, 0.4) is 0 Å². The van der Waals surface area contributed by atoms with Gasteiger partial charge in [-0.15, -0.1) is 0 Å². The first-order valence-electron chi connectivity index (χ1n) is 7.52. The van der Waals surface area contributed by atoms with E-state index in [1.54, 1.807) is 42.5 Å². The summed E-state index contributed by atoms with van der Waals surface area (Å²) in [6, 6.07) is 17.4. The highest BCUT2D eigenvalue weighted by Crippen LogP contribution is 2.42. The molecule has 22 heavy (non-hydrogen) atoms. The van der Waals surface area contributed by atoms with E-state index in [9.17, 15) is 13.5 Å². The normalized spacial score (nSPS) is 13.8. The third kappa shape index (κ3) is 2.69. The van der Waals surface area contributed by atoms with Gasteiger partial charge in [0.2, 0.25) is 0 Å². The van der Waals surface area contributed by atoms with Gasteiger partial charge >= 0.3 is 0 Å². The summed E-state index contributed by atoms with van der Waals surface area (Å²) in [7, 11) is -3.66. The number of rotatable bonds is 6. The van der Waals surface area contributed by atoms with Crippen LogP contribution in [0, 0.1) is 0 Å². The van der Waals surface area contributed by atoms with Crippen molar-refractivity contribution in [1.82, 2.24) is 0 Å². The topological polar surface area (TPSA) is 54.4 Å². The molecule has 0 bridgehead atoms. The highest BCUT2D eigenvalue weighted by molar-refractivity contribution is 7.92. The van der Waals surface area contributed by atoms with Gasteiger partial charge in [0.15, 0.2) is 9.84 Å². The van der Waals surface area contributed by atoms with Crippen molar-refractivity contribution in [1.29, 1.82) is 0 Å². The van der Waals surface area contributed by atoms with E-state index in [-0.39, 0.29) is 4.90 Å². The van der Waals surface area contributed by atoms with Crippen LogP contribution in [0.2, 0.25) is 0 Å². The molecule has 0 aliphatic rings. The maximum atomic E-state index is 13.2. The first-order chi connectivity index (χ1) is 10.5. The van der Waals surface area contributed by atoms with Crippen molar-refractivity contribution in [3.8, 4) is 0 Å². The van der Waals surface area contributed by atoms with E-state index < -0.39 is 20.7 Å². The predicted octanol–water partition coefficient (Wildman–Crippen LogP) is 3.75. The molecule has 0 saturated carbocycles. The van der Waals surface area contributed by atoms with Crippen LogP contribution < -0.4 is 0 Å². The monoisotopic (exact) mass is 318 g/mol. The largest absolute Gasteiger partial charge is 0.387 e. The molecule has 2 aromatic carbocycles. The van der Waals surface area contributed by atoms with E-state index in [0.717, 1.165) is 0 Å². The van der Waals surface area contributed by atoms with Crippen molar-refractivity contribution >= 4 is 9.84 Å². The third-order valence-corrected chi connectivity index (χ3v) is 7.16. The number of sulfone groups is 1. The van der Waals surface area contributed by atoms with Gasteiger partial charge in [0.1, 0.15) is 4.75 Å². The van der Waals surface area contributed by atoms with E-state index >= 15 is 0 Å². The molecule has 2 aromatic rings. The maximum absolute atomic E-state index is 13.2. The number of hydrogen-bond acceptors (Lipinski definition) is 3. The van der Waals surface area contributed by atoms with Crippen LogP contribution >= 0.6 is 0 Å². The number of aliphatic hydroxyl groups excluding tert-OH is 1. The van der Waals surface area contributed by atoms with Crippen molar-refractivity contribution < 1.29 is 13.5 Å². The van der Waals surface area contributed by atoms with Crippen molar-refractivity contribution in [2.24, 2.45) is 0 Å². The van der Waals surface area contributed by atoms with Crippen LogP contribution in [0.1, 0.15) is 38.4 Å². The Morgan fingerprint density at radius 3 is 1.82 bits per heavy atom. The zero-order valence-corrected chi connectivity index (χ0v) is 13.8. The molecule has 0 saturated heterocycles. The summed E-state index contributed by atoms with van der Waals surface area (Å²) in [6.45, 7) is 3.63. The summed E-state index contributed by atoms with van der Waals surface area (Å²) in [5.74, 6) is 0. The summed E-state index contributed by atoms with van der Waals surface area (Å²) < 4.78 is 25.1. The minimum atomic E-state index is -3.66. The second-order valence-corrected chi connectivity index (χ2v) is 7.69. The van der Waals surface area contributed by atoms with E-state index in [2.05, 4.69) is 0 Å². The van der Waals surface area contributed by atoms with Crippen LogP contribution in [0.4, 0.5) is 0 Å². The fourth-order valence-electron chi connectivity index (χ4n) is 2.94. The van der Waals surface area contributed by atoms with Crippen LogP contribution in [-0.4, -0.2) is 18.3 Å². The first-order valence-corrected chi connectivity index (χ1v) is 9.00. The molecule has 0 unspecified atom stereocenters. The maximum Gasteiger partial charge on any atom is 0.186 e. The summed E-state index contributed by atoms with van der Waals surface area (Å²) in [6.07, 6.45) is -0.373. The fraction of sp³-hybridized carbons (Fsp3) is 0.333. The molecule has 118 valence electrons. The van der Waals surface area contributed by atoms with Gasteiger partial charge in [-0.2, -0.15) is 0 Å². The predicted molar refractivity (Wildman–Crippen MR) is 88.3 cm³/mol. The van der Waals surface area contributed by atoms with E-state index in [4.69, 9.17) is 0 Å². The zero-order chi connectivity index (χ0) is 16.2. The van der Waals surface area contributed by atoms with E-state index in [0.29, 0.717) is 18.4 Å². The summed E-state index contributed by atoms with van der Waals surface area (Å²) in [4.78, 5) is 0.258. The van der Waals surface area contributed by atoms with Gasteiger partial charge in [0, 0.05) is 0 Å². The van der Waals surface area contributed by atoms with Gasteiger partial charge in [-0.1, -0.05) is 62.4 Å². The molecule has 0 amide bonds. The molecule has 4 heteroatoms.